The van der Waals surface area contributed by atoms with Gasteiger partial charge in [-0.2, -0.15) is 0 Å². The van der Waals surface area contributed by atoms with Gasteiger partial charge in [-0.1, -0.05) is 39.0 Å². The van der Waals surface area contributed by atoms with Crippen LogP contribution in [-0.4, -0.2) is 16.1 Å². The van der Waals surface area contributed by atoms with Gasteiger partial charge in [-0.15, -0.1) is 0 Å². The number of carboxylic acid groups (broad SMARTS) is 1. The lowest BCUT2D eigenvalue weighted by Crippen LogP contribution is -2.10. The van der Waals surface area contributed by atoms with Crippen molar-refractivity contribution in [2.75, 3.05) is 0 Å². The average molecular weight is 301 g/mol. The number of aryl methyl sites for hydroxylation is 1. The van der Waals surface area contributed by atoms with Gasteiger partial charge in [0.15, 0.2) is 0 Å². The Labute approximate surface area is 129 Å². The Kier molecular flexibility index (Phi) is 4.91. The molecular weight excluding hydrogens is 281 g/mol. The standard InChI is InChI=1S/C18H20FNO2/c1-4-16-14(18(21)22)10-13(17(20-16)9-11(2)3)12-7-5-6-8-15(12)19/h5-8,10-11H,4,9H2,1-3H3,(H,21,22). The van der Waals surface area contributed by atoms with E-state index in [0.717, 1.165) is 5.69 Å². The van der Waals surface area contributed by atoms with Crippen molar-refractivity contribution in [1.29, 1.82) is 0 Å². The number of rotatable bonds is 5. The summed E-state index contributed by atoms with van der Waals surface area (Å²) in [5.41, 5.74) is 2.41. The van der Waals surface area contributed by atoms with Crippen molar-refractivity contribution < 1.29 is 14.3 Å². The minimum atomic E-state index is -1.03. The van der Waals surface area contributed by atoms with Crippen LogP contribution in [0.1, 0.15) is 42.5 Å². The van der Waals surface area contributed by atoms with Crippen LogP contribution in [0.3, 0.4) is 0 Å². The summed E-state index contributed by atoms with van der Waals surface area (Å²) in [6, 6.07) is 7.96. The van der Waals surface area contributed by atoms with Crippen molar-refractivity contribution in [2.45, 2.75) is 33.6 Å². The number of benzene rings is 1. The molecule has 0 amide bonds. The Morgan fingerprint density at radius 2 is 1.91 bits per heavy atom. The maximum atomic E-state index is 14.1. The first-order valence-corrected chi connectivity index (χ1v) is 7.45. The Balaban J connectivity index is 2.71. The van der Waals surface area contributed by atoms with Gasteiger partial charge in [0.25, 0.3) is 0 Å². The molecule has 22 heavy (non-hydrogen) atoms. The molecule has 0 fully saturated rings. The predicted molar refractivity (Wildman–Crippen MR) is 84.5 cm³/mol. The number of pyridine rings is 1. The number of hydrogen-bond donors (Lipinski definition) is 1. The normalized spacial score (nSPS) is 11.0. The Morgan fingerprint density at radius 3 is 2.45 bits per heavy atom. The molecule has 0 aliphatic rings. The second kappa shape index (κ2) is 6.69. The summed E-state index contributed by atoms with van der Waals surface area (Å²) in [7, 11) is 0. The molecule has 0 atom stereocenters. The second-order valence-electron chi connectivity index (χ2n) is 5.71. The largest absolute Gasteiger partial charge is 0.478 e. The summed E-state index contributed by atoms with van der Waals surface area (Å²) in [6.45, 7) is 5.99. The fourth-order valence-electron chi connectivity index (χ4n) is 2.50. The number of halogens is 1. The summed E-state index contributed by atoms with van der Waals surface area (Å²) in [5, 5.41) is 9.38. The average Bonchev–Trinajstić information content (AvgIpc) is 2.46. The number of hydrogen-bond acceptors (Lipinski definition) is 2. The Hall–Kier alpha value is -2.23. The van der Waals surface area contributed by atoms with Gasteiger partial charge in [-0.25, -0.2) is 9.18 Å². The highest BCUT2D eigenvalue weighted by Crippen LogP contribution is 2.29. The molecule has 1 aromatic heterocycles. The van der Waals surface area contributed by atoms with Crippen LogP contribution in [0.2, 0.25) is 0 Å². The van der Waals surface area contributed by atoms with Gasteiger partial charge in [0.05, 0.1) is 11.3 Å². The van der Waals surface area contributed by atoms with E-state index in [9.17, 15) is 14.3 Å². The van der Waals surface area contributed by atoms with E-state index in [0.29, 0.717) is 35.6 Å². The highest BCUT2D eigenvalue weighted by atomic mass is 19.1. The molecule has 2 rings (SSSR count). The quantitative estimate of drug-likeness (QED) is 0.893. The summed E-state index contributed by atoms with van der Waals surface area (Å²) < 4.78 is 14.1. The zero-order valence-corrected chi connectivity index (χ0v) is 13.1. The third-order valence-corrected chi connectivity index (χ3v) is 3.51. The SMILES string of the molecule is CCc1nc(CC(C)C)c(-c2ccccc2F)cc1C(=O)O. The first-order chi connectivity index (χ1) is 10.4. The van der Waals surface area contributed by atoms with E-state index in [1.54, 1.807) is 24.3 Å². The van der Waals surface area contributed by atoms with Crippen molar-refractivity contribution in [3.05, 3.63) is 53.1 Å². The van der Waals surface area contributed by atoms with Crippen LogP contribution in [-0.2, 0) is 12.8 Å². The third kappa shape index (κ3) is 3.32. The van der Waals surface area contributed by atoms with Crippen molar-refractivity contribution in [3.63, 3.8) is 0 Å². The fraction of sp³-hybridized carbons (Fsp3) is 0.333. The summed E-state index contributed by atoms with van der Waals surface area (Å²) in [5.74, 6) is -1.05. The second-order valence-corrected chi connectivity index (χ2v) is 5.71. The number of carboxylic acids is 1. The van der Waals surface area contributed by atoms with E-state index in [1.807, 2.05) is 6.92 Å². The van der Waals surface area contributed by atoms with E-state index < -0.39 is 5.97 Å². The number of carbonyl (C=O) groups is 1. The topological polar surface area (TPSA) is 50.2 Å². The molecule has 4 heteroatoms. The maximum absolute atomic E-state index is 14.1. The smallest absolute Gasteiger partial charge is 0.337 e. The Morgan fingerprint density at radius 1 is 1.23 bits per heavy atom. The molecule has 0 aliphatic heterocycles. The van der Waals surface area contributed by atoms with E-state index in [-0.39, 0.29) is 11.4 Å². The summed E-state index contributed by atoms with van der Waals surface area (Å²) >= 11 is 0. The molecule has 0 unspecified atom stereocenters. The van der Waals surface area contributed by atoms with Gasteiger partial charge in [0.2, 0.25) is 0 Å². The maximum Gasteiger partial charge on any atom is 0.337 e. The van der Waals surface area contributed by atoms with E-state index in [1.165, 1.54) is 6.07 Å². The fourth-order valence-corrected chi connectivity index (χ4v) is 2.50. The molecule has 116 valence electrons. The molecule has 1 heterocycles. The zero-order chi connectivity index (χ0) is 16.3. The number of aromatic nitrogens is 1. The molecule has 0 aliphatic carbocycles. The lowest BCUT2D eigenvalue weighted by atomic mass is 9.95. The van der Waals surface area contributed by atoms with Crippen molar-refractivity contribution in [3.8, 4) is 11.1 Å². The first-order valence-electron chi connectivity index (χ1n) is 7.45. The number of aromatic carboxylic acids is 1. The molecule has 0 saturated carbocycles. The monoisotopic (exact) mass is 301 g/mol. The Bertz CT molecular complexity index is 695. The molecular formula is C18H20FNO2. The zero-order valence-electron chi connectivity index (χ0n) is 13.1. The summed E-state index contributed by atoms with van der Waals surface area (Å²) in [6.07, 6.45) is 1.21. The van der Waals surface area contributed by atoms with E-state index in [4.69, 9.17) is 0 Å². The lowest BCUT2D eigenvalue weighted by molar-refractivity contribution is 0.0695. The van der Waals surface area contributed by atoms with Crippen LogP contribution in [0.5, 0.6) is 0 Å². The summed E-state index contributed by atoms with van der Waals surface area (Å²) in [4.78, 5) is 16.0. The van der Waals surface area contributed by atoms with Gasteiger partial charge in [-0.3, -0.25) is 4.98 Å². The number of nitrogens with zero attached hydrogens (tertiary/aromatic N) is 1. The van der Waals surface area contributed by atoms with Crippen LogP contribution >= 0.6 is 0 Å². The highest BCUT2D eigenvalue weighted by molar-refractivity contribution is 5.91. The van der Waals surface area contributed by atoms with Crippen LogP contribution < -0.4 is 0 Å². The molecule has 2 aromatic rings. The molecule has 0 bridgehead atoms. The van der Waals surface area contributed by atoms with Gasteiger partial charge in [0, 0.05) is 16.8 Å². The van der Waals surface area contributed by atoms with Gasteiger partial charge >= 0.3 is 5.97 Å². The van der Waals surface area contributed by atoms with Crippen LogP contribution in [0.4, 0.5) is 4.39 Å². The van der Waals surface area contributed by atoms with E-state index in [2.05, 4.69) is 18.8 Å². The predicted octanol–water partition coefficient (Wildman–Crippen LogP) is 4.35. The molecule has 1 N–H and O–H groups in total. The van der Waals surface area contributed by atoms with Gasteiger partial charge in [0.1, 0.15) is 5.82 Å². The van der Waals surface area contributed by atoms with Crippen LogP contribution in [0, 0.1) is 11.7 Å². The highest BCUT2D eigenvalue weighted by Gasteiger charge is 2.19. The third-order valence-electron chi connectivity index (χ3n) is 3.51. The minimum Gasteiger partial charge on any atom is -0.478 e. The molecule has 0 radical (unpaired) electrons. The van der Waals surface area contributed by atoms with Gasteiger partial charge in [-0.05, 0) is 30.9 Å². The molecule has 1 aromatic carbocycles. The minimum absolute atomic E-state index is 0.147. The van der Waals surface area contributed by atoms with E-state index >= 15 is 0 Å². The van der Waals surface area contributed by atoms with Crippen molar-refractivity contribution in [1.82, 2.24) is 4.98 Å². The first kappa shape index (κ1) is 16.1. The van der Waals surface area contributed by atoms with Crippen LogP contribution in [0.25, 0.3) is 11.1 Å². The van der Waals surface area contributed by atoms with Crippen LogP contribution in [0.15, 0.2) is 30.3 Å². The molecule has 0 spiro atoms. The lowest BCUT2D eigenvalue weighted by Gasteiger charge is -2.15. The van der Waals surface area contributed by atoms with Crippen molar-refractivity contribution >= 4 is 5.97 Å². The molecule has 0 saturated heterocycles. The van der Waals surface area contributed by atoms with Crippen molar-refractivity contribution in [2.24, 2.45) is 5.92 Å². The molecule has 3 nitrogen and oxygen atoms in total. The van der Waals surface area contributed by atoms with Gasteiger partial charge < -0.3 is 5.11 Å².